The molecule has 1 aliphatic rings. The fraction of sp³-hybridized carbons (Fsp3) is 0.691. The van der Waals surface area contributed by atoms with Crippen LogP contribution in [0, 0.1) is 47.3 Å². The molecule has 69 heavy (non-hydrogen) atoms. The maximum Gasteiger partial charge on any atom is 0.246 e. The molecule has 0 radical (unpaired) electrons. The van der Waals surface area contributed by atoms with Crippen LogP contribution in [-0.2, 0) is 43.4 Å². The molecule has 1 atom stereocenters. The number of allylic oxidation sites excluding steroid dienone is 2. The smallest absolute Gasteiger partial charge is 0.246 e. The molecule has 13 nitrogen and oxygen atoms in total. The Morgan fingerprint density at radius 3 is 1.35 bits per heavy atom. The zero-order valence-corrected chi connectivity index (χ0v) is 47.9. The number of Topliss-reactive ketones (excluding diaryl/α,β-unsaturated/α-hetero) is 4. The second kappa shape index (κ2) is 45.0. The Morgan fingerprint density at radius 2 is 1.14 bits per heavy atom. The molecule has 1 saturated carbocycles. The minimum atomic E-state index is -2.74. The van der Waals surface area contributed by atoms with E-state index in [9.17, 15) is 42.0 Å². The van der Waals surface area contributed by atoms with Crippen LogP contribution in [0.15, 0.2) is 55.1 Å². The summed E-state index contributed by atoms with van der Waals surface area (Å²) in [6, 6.07) is 9.38. The van der Waals surface area contributed by atoms with Crippen LogP contribution < -0.4 is 10.8 Å². The van der Waals surface area contributed by atoms with Gasteiger partial charge >= 0.3 is 0 Å². The van der Waals surface area contributed by atoms with E-state index in [0.717, 1.165) is 37.8 Å². The van der Waals surface area contributed by atoms with E-state index in [4.69, 9.17) is 9.94 Å². The van der Waals surface area contributed by atoms with Gasteiger partial charge in [-0.05, 0) is 64.5 Å². The largest absolute Gasteiger partial charge is 0.385 e. The van der Waals surface area contributed by atoms with Crippen LogP contribution in [0.5, 0.6) is 0 Å². The third kappa shape index (κ3) is 50.1. The van der Waals surface area contributed by atoms with Crippen LogP contribution >= 0.6 is 0 Å². The number of benzene rings is 1. The average Bonchev–Trinajstić information content (AvgIpc) is 4.13. The zero-order chi connectivity index (χ0) is 55.8. The van der Waals surface area contributed by atoms with Gasteiger partial charge in [0.25, 0.3) is 0 Å². The Morgan fingerprint density at radius 1 is 0.696 bits per heavy atom. The van der Waals surface area contributed by atoms with Gasteiger partial charge in [0, 0.05) is 65.7 Å². The summed E-state index contributed by atoms with van der Waals surface area (Å²) in [5, 5.41) is 11.5. The molecular weight excluding hydrogens is 897 g/mol. The lowest BCUT2D eigenvalue weighted by atomic mass is 10.0. The quantitative estimate of drug-likeness (QED) is 0.0514. The van der Waals surface area contributed by atoms with Gasteiger partial charge in [0.15, 0.2) is 23.1 Å². The number of sulfone groups is 1. The van der Waals surface area contributed by atoms with Crippen LogP contribution in [-0.4, -0.2) is 85.0 Å². The summed E-state index contributed by atoms with van der Waals surface area (Å²) in [5.74, 6) is 2.08. The van der Waals surface area contributed by atoms with E-state index in [1.165, 1.54) is 12.3 Å². The van der Waals surface area contributed by atoms with E-state index >= 15 is 0 Å². The first-order valence-corrected chi connectivity index (χ1v) is 26.6. The molecule has 0 saturated heterocycles. The van der Waals surface area contributed by atoms with Crippen molar-refractivity contribution in [2.45, 2.75) is 182 Å². The van der Waals surface area contributed by atoms with Gasteiger partial charge in [0.05, 0.1) is 11.9 Å². The van der Waals surface area contributed by atoms with E-state index in [2.05, 4.69) is 24.0 Å². The van der Waals surface area contributed by atoms with Crippen LogP contribution in [0.3, 0.4) is 0 Å². The van der Waals surface area contributed by atoms with Crippen molar-refractivity contribution in [2.24, 2.45) is 47.3 Å². The Kier molecular flexibility index (Phi) is 49.8. The van der Waals surface area contributed by atoms with Gasteiger partial charge in [-0.25, -0.2) is 13.9 Å². The molecule has 1 fully saturated rings. The molecule has 1 aromatic rings. The van der Waals surface area contributed by atoms with Gasteiger partial charge in [-0.1, -0.05) is 161 Å². The predicted octanol–water partition coefficient (Wildman–Crippen LogP) is 11.0. The van der Waals surface area contributed by atoms with Crippen LogP contribution in [0.1, 0.15) is 181 Å². The topological polar surface area (TPSA) is 207 Å². The van der Waals surface area contributed by atoms with Crippen molar-refractivity contribution >= 4 is 50.6 Å². The highest BCUT2D eigenvalue weighted by Gasteiger charge is 2.30. The highest BCUT2D eigenvalue weighted by molar-refractivity contribution is 7.91. The minimum Gasteiger partial charge on any atom is -0.385 e. The Bertz CT molecular complexity index is 1690. The number of hydroxylamine groups is 1. The van der Waals surface area contributed by atoms with Gasteiger partial charge < -0.3 is 10.4 Å². The number of ketones is 5. The molecule has 0 spiro atoms. The summed E-state index contributed by atoms with van der Waals surface area (Å²) >= 11 is 0. The summed E-state index contributed by atoms with van der Waals surface area (Å²) < 4.78 is 20.7. The van der Waals surface area contributed by atoms with Gasteiger partial charge in [-0.2, -0.15) is 0 Å². The highest BCUT2D eigenvalue weighted by atomic mass is 32.2. The van der Waals surface area contributed by atoms with E-state index in [0.29, 0.717) is 30.3 Å². The molecular formula is C55H100N2O11S. The summed E-state index contributed by atoms with van der Waals surface area (Å²) in [5.41, 5.74) is 3.80. The predicted molar refractivity (Wildman–Crippen MR) is 286 cm³/mol. The third-order valence-electron chi connectivity index (χ3n) is 9.06. The summed E-state index contributed by atoms with van der Waals surface area (Å²) in [6.45, 7) is 45.4. The maximum atomic E-state index is 11.3. The standard InChI is InChI=1S/C10H12O.C7H15NO2.C7H15NO.C7H14O2.2C7H12O.C6H10O.C4H10O2S/c1-8(2)10(11)9-6-4-3-5-7-9;1-4-5-10-8-7(9)6(2)3;1-4-5-8-7(9)6(2)3;1-4-6(8)7(9)5(2)3;1-5(2)7(8)6-3-4-6;1-5(2)7(8)6(3)4;1-4-6(7)5(2)3;1-4(2)7(3,5)6/h3-8H,1-2H3;6H,4-5H2,1-3H3,(H,8,9);6H,4-5H2,1-3H3,(H,8,9);5-6,8H,4H2,1-3H3;5-6H,3-4H2,1-2H3;6H,1H2,2-4H3;4-5H,1H2,2-3H3;4H,1-3H3. The summed E-state index contributed by atoms with van der Waals surface area (Å²) in [6.07, 6.45) is 6.59. The molecule has 402 valence electrons. The lowest BCUT2D eigenvalue weighted by molar-refractivity contribution is -0.136. The zero-order valence-electron chi connectivity index (χ0n) is 47.0. The molecule has 2 rings (SSSR count). The SMILES string of the molecule is C=C(C)C(=O)C(C)C.C=CC(=O)C(C)C.CC(C)C(=O)C1CC1.CC(C)C(=O)c1ccccc1.CC(C)S(C)(=O)=O.CCC(O)C(=O)C(C)C.CCCNC(=O)C(C)C.CCCONC(=O)C(C)C. The lowest BCUT2D eigenvalue weighted by Crippen LogP contribution is -2.28. The van der Waals surface area contributed by atoms with Crippen LogP contribution in [0.2, 0.25) is 0 Å². The van der Waals surface area contributed by atoms with Crippen LogP contribution in [0.4, 0.5) is 0 Å². The van der Waals surface area contributed by atoms with E-state index in [-0.39, 0.29) is 81.6 Å². The number of aliphatic hydroxyl groups is 1. The van der Waals surface area contributed by atoms with Crippen molar-refractivity contribution in [1.29, 1.82) is 0 Å². The van der Waals surface area contributed by atoms with Crippen molar-refractivity contribution in [3.05, 3.63) is 60.7 Å². The second-order valence-electron chi connectivity index (χ2n) is 19.1. The molecule has 0 bridgehead atoms. The number of hydrogen-bond acceptors (Lipinski definition) is 11. The van der Waals surface area contributed by atoms with Crippen molar-refractivity contribution < 1.29 is 51.9 Å². The fourth-order valence-corrected chi connectivity index (χ4v) is 3.88. The highest BCUT2D eigenvalue weighted by Crippen LogP contribution is 2.32. The number of amides is 2. The number of carbonyl (C=O) groups excluding carboxylic acids is 7. The first-order chi connectivity index (χ1) is 31.6. The molecule has 0 heterocycles. The Labute approximate surface area is 421 Å². The van der Waals surface area contributed by atoms with Gasteiger partial charge in [-0.3, -0.25) is 38.4 Å². The van der Waals surface area contributed by atoms with Gasteiger partial charge in [-0.15, -0.1) is 0 Å². The van der Waals surface area contributed by atoms with E-state index in [1.807, 2.05) is 127 Å². The minimum absolute atomic E-state index is 0.00291. The number of hydrogen-bond donors (Lipinski definition) is 3. The van der Waals surface area contributed by atoms with E-state index < -0.39 is 15.9 Å². The molecule has 1 unspecified atom stereocenters. The maximum absolute atomic E-state index is 11.3. The van der Waals surface area contributed by atoms with Crippen LogP contribution in [0.25, 0.3) is 0 Å². The van der Waals surface area contributed by atoms with Crippen molar-refractivity contribution in [1.82, 2.24) is 10.8 Å². The molecule has 0 aliphatic heterocycles. The lowest BCUT2D eigenvalue weighted by Gasteiger charge is -2.07. The summed E-state index contributed by atoms with van der Waals surface area (Å²) in [7, 11) is -2.74. The Balaban J connectivity index is -0.000000165. The third-order valence-corrected chi connectivity index (χ3v) is 10.8. The average molecular weight is 997 g/mol. The van der Waals surface area contributed by atoms with Crippen molar-refractivity contribution in [2.75, 3.05) is 19.4 Å². The van der Waals surface area contributed by atoms with E-state index in [1.54, 1.807) is 41.5 Å². The second-order valence-corrected chi connectivity index (χ2v) is 21.7. The number of aliphatic hydroxyl groups excluding tert-OH is 1. The monoisotopic (exact) mass is 997 g/mol. The number of carbonyl (C=O) groups is 7. The number of rotatable bonds is 19. The normalized spacial score (nSPS) is 11.7. The molecule has 1 aliphatic carbocycles. The molecule has 1 aromatic carbocycles. The molecule has 14 heteroatoms. The molecule has 2 amide bonds. The Hall–Kier alpha value is -4.14. The molecule has 0 aromatic heterocycles. The first-order valence-electron chi connectivity index (χ1n) is 24.7. The van der Waals surface area contributed by atoms with Crippen molar-refractivity contribution in [3.8, 4) is 0 Å². The van der Waals surface area contributed by atoms with Gasteiger partial charge in [0.1, 0.15) is 21.7 Å². The first kappa shape index (κ1) is 76.3. The van der Waals surface area contributed by atoms with Crippen molar-refractivity contribution in [3.63, 3.8) is 0 Å². The number of nitrogens with one attached hydrogen (secondary N) is 2. The molecule has 3 N–H and O–H groups in total. The summed E-state index contributed by atoms with van der Waals surface area (Å²) in [4.78, 5) is 80.6. The van der Waals surface area contributed by atoms with Gasteiger partial charge in [0.2, 0.25) is 11.8 Å². The fourth-order valence-electron chi connectivity index (χ4n) is 3.88.